The topological polar surface area (TPSA) is 28.2 Å². The Kier molecular flexibility index (Phi) is 4.18. The summed E-state index contributed by atoms with van der Waals surface area (Å²) in [7, 11) is 3.98. The molecule has 0 fully saturated rings. The standard InChI is InChI=1S/C9H14BrN3/c1-11-6-7-13(2)9-8(10)4-3-5-12-9/h3-5,11H,6-7H2,1-2H3. The molecule has 1 aromatic heterocycles. The van der Waals surface area contributed by atoms with Crippen molar-refractivity contribution in [2.24, 2.45) is 0 Å². The van der Waals surface area contributed by atoms with Crippen LogP contribution in [0.4, 0.5) is 5.82 Å². The van der Waals surface area contributed by atoms with Crippen molar-refractivity contribution in [1.82, 2.24) is 10.3 Å². The predicted octanol–water partition coefficient (Wildman–Crippen LogP) is 1.50. The van der Waals surface area contributed by atoms with Crippen molar-refractivity contribution in [2.75, 3.05) is 32.1 Å². The summed E-state index contributed by atoms with van der Waals surface area (Å²) in [5.41, 5.74) is 0. The number of anilines is 1. The van der Waals surface area contributed by atoms with Gasteiger partial charge in [-0.3, -0.25) is 0 Å². The molecule has 0 radical (unpaired) electrons. The molecule has 0 amide bonds. The van der Waals surface area contributed by atoms with E-state index in [1.165, 1.54) is 0 Å². The van der Waals surface area contributed by atoms with Gasteiger partial charge in [0.1, 0.15) is 5.82 Å². The number of nitrogens with one attached hydrogen (secondary N) is 1. The third-order valence-corrected chi connectivity index (χ3v) is 2.42. The summed E-state index contributed by atoms with van der Waals surface area (Å²) in [5.74, 6) is 0.984. The van der Waals surface area contributed by atoms with Gasteiger partial charge in [-0.25, -0.2) is 4.98 Å². The third-order valence-electron chi connectivity index (χ3n) is 1.80. The van der Waals surface area contributed by atoms with Crippen molar-refractivity contribution in [3.63, 3.8) is 0 Å². The molecule has 72 valence electrons. The molecule has 0 saturated carbocycles. The van der Waals surface area contributed by atoms with E-state index in [4.69, 9.17) is 0 Å². The van der Waals surface area contributed by atoms with E-state index >= 15 is 0 Å². The van der Waals surface area contributed by atoms with Crippen molar-refractivity contribution in [3.05, 3.63) is 22.8 Å². The molecule has 0 saturated heterocycles. The Labute approximate surface area is 87.3 Å². The van der Waals surface area contributed by atoms with Crippen LogP contribution in [0.1, 0.15) is 0 Å². The van der Waals surface area contributed by atoms with Gasteiger partial charge in [-0.1, -0.05) is 0 Å². The highest BCUT2D eigenvalue weighted by Gasteiger charge is 2.04. The highest BCUT2D eigenvalue weighted by molar-refractivity contribution is 9.10. The molecule has 1 heterocycles. The molecule has 3 nitrogen and oxygen atoms in total. The Hall–Kier alpha value is -0.610. The van der Waals surface area contributed by atoms with Crippen LogP contribution >= 0.6 is 15.9 Å². The van der Waals surface area contributed by atoms with Crippen LogP contribution in [-0.4, -0.2) is 32.2 Å². The molecule has 0 unspecified atom stereocenters. The Morgan fingerprint density at radius 1 is 1.62 bits per heavy atom. The summed E-state index contributed by atoms with van der Waals surface area (Å²) in [6, 6.07) is 3.91. The van der Waals surface area contributed by atoms with Gasteiger partial charge in [-0.2, -0.15) is 0 Å². The monoisotopic (exact) mass is 243 g/mol. The van der Waals surface area contributed by atoms with Crippen molar-refractivity contribution >= 4 is 21.7 Å². The summed E-state index contributed by atoms with van der Waals surface area (Å²) >= 11 is 3.46. The lowest BCUT2D eigenvalue weighted by atomic mass is 10.4. The normalized spacial score (nSPS) is 10.1. The van der Waals surface area contributed by atoms with Crippen LogP contribution in [0.25, 0.3) is 0 Å². The summed E-state index contributed by atoms with van der Waals surface area (Å²) in [6.45, 7) is 1.91. The minimum Gasteiger partial charge on any atom is -0.357 e. The molecule has 0 aromatic carbocycles. The lowest BCUT2D eigenvalue weighted by molar-refractivity contribution is 0.760. The molecular formula is C9H14BrN3. The molecule has 0 aliphatic heterocycles. The van der Waals surface area contributed by atoms with Crippen LogP contribution < -0.4 is 10.2 Å². The first kappa shape index (κ1) is 10.5. The molecule has 13 heavy (non-hydrogen) atoms. The number of likely N-dealkylation sites (N-methyl/N-ethyl adjacent to an activating group) is 2. The molecule has 4 heteroatoms. The minimum atomic E-state index is 0.951. The van der Waals surface area contributed by atoms with Gasteiger partial charge < -0.3 is 10.2 Å². The highest BCUT2D eigenvalue weighted by Crippen LogP contribution is 2.20. The van der Waals surface area contributed by atoms with Crippen molar-refractivity contribution < 1.29 is 0 Å². The summed E-state index contributed by atoms with van der Waals surface area (Å²) in [4.78, 5) is 6.39. The van der Waals surface area contributed by atoms with Gasteiger partial charge in [0.05, 0.1) is 4.47 Å². The molecule has 0 spiro atoms. The van der Waals surface area contributed by atoms with E-state index in [0.29, 0.717) is 0 Å². The first-order chi connectivity index (χ1) is 6.25. The first-order valence-corrected chi connectivity index (χ1v) is 5.01. The van der Waals surface area contributed by atoms with Gasteiger partial charge >= 0.3 is 0 Å². The van der Waals surface area contributed by atoms with E-state index in [2.05, 4.69) is 31.1 Å². The fourth-order valence-electron chi connectivity index (χ4n) is 1.04. The number of nitrogens with zero attached hydrogens (tertiary/aromatic N) is 2. The number of hydrogen-bond acceptors (Lipinski definition) is 3. The van der Waals surface area contributed by atoms with E-state index < -0.39 is 0 Å². The Bertz CT molecular complexity index is 265. The molecular weight excluding hydrogens is 230 g/mol. The van der Waals surface area contributed by atoms with Crippen LogP contribution in [0, 0.1) is 0 Å². The number of halogens is 1. The second-order valence-electron chi connectivity index (χ2n) is 2.83. The zero-order valence-corrected chi connectivity index (χ0v) is 9.50. The molecule has 1 aromatic rings. The van der Waals surface area contributed by atoms with Crippen LogP contribution in [0.2, 0.25) is 0 Å². The van der Waals surface area contributed by atoms with Crippen molar-refractivity contribution in [2.45, 2.75) is 0 Å². The van der Waals surface area contributed by atoms with Crippen LogP contribution in [0.15, 0.2) is 22.8 Å². The number of aromatic nitrogens is 1. The fraction of sp³-hybridized carbons (Fsp3) is 0.444. The average molecular weight is 244 g/mol. The van der Waals surface area contributed by atoms with Gasteiger partial charge in [0.25, 0.3) is 0 Å². The first-order valence-electron chi connectivity index (χ1n) is 4.22. The maximum Gasteiger partial charge on any atom is 0.142 e. The third kappa shape index (κ3) is 2.97. The van der Waals surface area contributed by atoms with Crippen LogP contribution in [-0.2, 0) is 0 Å². The minimum absolute atomic E-state index is 0.951. The van der Waals surface area contributed by atoms with Gasteiger partial charge in [0.15, 0.2) is 0 Å². The molecule has 1 N–H and O–H groups in total. The Morgan fingerprint density at radius 3 is 3.00 bits per heavy atom. The van der Waals surface area contributed by atoms with E-state index in [0.717, 1.165) is 23.4 Å². The maximum absolute atomic E-state index is 4.28. The molecule has 0 aliphatic rings. The second-order valence-corrected chi connectivity index (χ2v) is 3.69. The van der Waals surface area contributed by atoms with Crippen LogP contribution in [0.5, 0.6) is 0 Å². The maximum atomic E-state index is 4.28. The average Bonchev–Trinajstić information content (AvgIpc) is 2.15. The smallest absolute Gasteiger partial charge is 0.142 e. The molecule has 0 aliphatic carbocycles. The molecule has 0 atom stereocenters. The SMILES string of the molecule is CNCCN(C)c1ncccc1Br. The van der Waals surface area contributed by atoms with E-state index in [-0.39, 0.29) is 0 Å². The zero-order chi connectivity index (χ0) is 9.68. The van der Waals surface area contributed by atoms with Crippen molar-refractivity contribution in [1.29, 1.82) is 0 Å². The summed E-state index contributed by atoms with van der Waals surface area (Å²) in [5, 5.41) is 3.10. The molecule has 0 bridgehead atoms. The predicted molar refractivity (Wildman–Crippen MR) is 59.1 cm³/mol. The second kappa shape index (κ2) is 5.19. The van der Waals surface area contributed by atoms with E-state index in [1.807, 2.05) is 26.2 Å². The summed E-state index contributed by atoms with van der Waals surface area (Å²) < 4.78 is 1.04. The van der Waals surface area contributed by atoms with Gasteiger partial charge in [0.2, 0.25) is 0 Å². The van der Waals surface area contributed by atoms with Gasteiger partial charge in [0, 0.05) is 26.3 Å². The van der Waals surface area contributed by atoms with Crippen LogP contribution in [0.3, 0.4) is 0 Å². The van der Waals surface area contributed by atoms with Gasteiger partial charge in [-0.15, -0.1) is 0 Å². The summed E-state index contributed by atoms with van der Waals surface area (Å²) in [6.07, 6.45) is 1.80. The Morgan fingerprint density at radius 2 is 2.38 bits per heavy atom. The largest absolute Gasteiger partial charge is 0.357 e. The zero-order valence-electron chi connectivity index (χ0n) is 7.92. The fourth-order valence-corrected chi connectivity index (χ4v) is 1.60. The number of pyridine rings is 1. The quantitative estimate of drug-likeness (QED) is 0.869. The lowest BCUT2D eigenvalue weighted by Crippen LogP contribution is -2.27. The van der Waals surface area contributed by atoms with E-state index in [9.17, 15) is 0 Å². The van der Waals surface area contributed by atoms with Crippen molar-refractivity contribution in [3.8, 4) is 0 Å². The van der Waals surface area contributed by atoms with Gasteiger partial charge in [-0.05, 0) is 35.1 Å². The number of hydrogen-bond donors (Lipinski definition) is 1. The number of rotatable bonds is 4. The molecule has 1 rings (SSSR count). The highest BCUT2D eigenvalue weighted by atomic mass is 79.9. The Balaban J connectivity index is 2.65. The lowest BCUT2D eigenvalue weighted by Gasteiger charge is -2.18. The van der Waals surface area contributed by atoms with E-state index in [1.54, 1.807) is 6.20 Å².